The van der Waals surface area contributed by atoms with E-state index in [4.69, 9.17) is 35.7 Å². The number of nitrogens with one attached hydrogen (secondary N) is 4. The number of aromatic nitrogens is 8. The number of H-pyrrole nitrogens is 4. The van der Waals surface area contributed by atoms with Gasteiger partial charge in [0.25, 0.3) is 0 Å². The Morgan fingerprint density at radius 2 is 0.885 bits per heavy atom. The molecule has 16 bridgehead atoms. The second-order valence-electron chi connectivity index (χ2n) is 25.9. The van der Waals surface area contributed by atoms with Crippen LogP contribution in [-0.2, 0) is 31.3 Å². The van der Waals surface area contributed by atoms with Crippen LogP contribution in [0.1, 0.15) is 158 Å². The van der Waals surface area contributed by atoms with E-state index >= 15 is 0 Å². The maximum absolute atomic E-state index is 9.05. The Kier molecular flexibility index (Phi) is 15.3. The van der Waals surface area contributed by atoms with Crippen molar-refractivity contribution in [1.29, 1.82) is 0 Å². The molecule has 15 rings (SSSR count). The lowest BCUT2D eigenvalue weighted by atomic mass is 9.73. The maximum atomic E-state index is 9.05. The van der Waals surface area contributed by atoms with Gasteiger partial charge in [0.2, 0.25) is 0 Å². The van der Waals surface area contributed by atoms with Crippen molar-refractivity contribution in [2.75, 3.05) is 0 Å². The number of aryl methyl sites for hydroxylation is 4. The highest BCUT2D eigenvalue weighted by Gasteiger charge is 2.39. The van der Waals surface area contributed by atoms with Gasteiger partial charge in [0, 0.05) is 92.8 Å². The molecule has 0 spiro atoms. The molecule has 472 valence electrons. The molecule has 0 amide bonds. The third-order valence-electron chi connectivity index (χ3n) is 20.1. The van der Waals surface area contributed by atoms with Gasteiger partial charge in [0.1, 0.15) is 11.5 Å². The van der Waals surface area contributed by atoms with Crippen LogP contribution in [0.5, 0.6) is 11.5 Å². The average Bonchev–Trinajstić information content (AvgIpc) is 0.889. The summed E-state index contributed by atoms with van der Waals surface area (Å²) in [5.41, 5.74) is 52.9. The van der Waals surface area contributed by atoms with Crippen LogP contribution in [-0.4, -0.2) is 39.9 Å². The summed E-state index contributed by atoms with van der Waals surface area (Å²) in [4.78, 5) is 43.8. The van der Waals surface area contributed by atoms with E-state index in [1.54, 1.807) is 0 Å². The fourth-order valence-corrected chi connectivity index (χ4v) is 15.2. The van der Waals surface area contributed by atoms with Gasteiger partial charge in [-0.15, -0.1) is 0 Å². The number of fused-ring (bicyclic) bond motifs is 18. The lowest BCUT2D eigenvalue weighted by Gasteiger charge is -2.36. The highest BCUT2D eigenvalue weighted by molar-refractivity contribution is 6.05. The van der Waals surface area contributed by atoms with E-state index in [2.05, 4.69) is 243 Å². The van der Waals surface area contributed by atoms with Crippen LogP contribution in [0.2, 0.25) is 0 Å². The molecule has 5 aliphatic rings. The number of nitrogens with zero attached hydrogens (tertiary/aromatic N) is 10. The molecule has 0 saturated heterocycles. The molecule has 0 atom stereocenters. The van der Waals surface area contributed by atoms with Crippen molar-refractivity contribution in [3.63, 3.8) is 0 Å². The van der Waals surface area contributed by atoms with Crippen molar-refractivity contribution < 1.29 is 4.74 Å². The second kappa shape index (κ2) is 24.1. The van der Waals surface area contributed by atoms with Crippen molar-refractivity contribution in [3.05, 3.63) is 244 Å². The van der Waals surface area contributed by atoms with Gasteiger partial charge in [0.15, 0.2) is 0 Å². The number of hydrogen-bond donors (Lipinski definition) is 4. The summed E-state index contributed by atoms with van der Waals surface area (Å²) in [6, 6.07) is 46.8. The molecular weight excluding hydrogens is 1180 g/mol. The predicted octanol–water partition coefficient (Wildman–Crippen LogP) is 22.4. The first-order valence-electron chi connectivity index (χ1n) is 33.2. The largest absolute Gasteiger partial charge is 0.455 e. The molecule has 0 radical (unpaired) electrons. The number of para-hydroxylation sites is 2. The van der Waals surface area contributed by atoms with Gasteiger partial charge in [-0.1, -0.05) is 137 Å². The van der Waals surface area contributed by atoms with E-state index in [-0.39, 0.29) is 13.1 Å². The number of benzene rings is 4. The molecular formula is C81H72N14O. The number of aromatic amines is 4. The topological polar surface area (TPSA) is 221 Å². The molecule has 11 heterocycles. The minimum absolute atomic E-state index is 0.274. The number of rotatable bonds is 12. The Morgan fingerprint density at radius 3 is 1.28 bits per heavy atom. The van der Waals surface area contributed by atoms with Crippen LogP contribution in [0.25, 0.3) is 156 Å². The molecule has 15 nitrogen and oxygen atoms in total. The zero-order valence-electron chi connectivity index (χ0n) is 55.6. The van der Waals surface area contributed by atoms with Crippen LogP contribution in [0.4, 0.5) is 0 Å². The molecule has 5 aliphatic heterocycles. The molecule has 6 aromatic heterocycles. The smallest absolute Gasteiger partial charge is 0.139 e. The summed E-state index contributed by atoms with van der Waals surface area (Å²) in [7, 11) is 0. The quantitative estimate of drug-likeness (QED) is 0.0531. The normalized spacial score (nSPS) is 13.6. The van der Waals surface area contributed by atoms with Gasteiger partial charge in [-0.05, 0) is 204 Å². The van der Waals surface area contributed by atoms with Crippen molar-refractivity contribution >= 4 is 90.7 Å². The van der Waals surface area contributed by atoms with Gasteiger partial charge < -0.3 is 24.7 Å². The van der Waals surface area contributed by atoms with Gasteiger partial charge >= 0.3 is 0 Å². The van der Waals surface area contributed by atoms with E-state index in [1.165, 1.54) is 11.1 Å². The van der Waals surface area contributed by atoms with Crippen molar-refractivity contribution in [3.8, 4) is 56.0 Å². The van der Waals surface area contributed by atoms with Crippen LogP contribution in [0.3, 0.4) is 0 Å². The monoisotopic (exact) mass is 1260 g/mol. The van der Waals surface area contributed by atoms with Crippen LogP contribution in [0.15, 0.2) is 144 Å². The van der Waals surface area contributed by atoms with E-state index in [0.717, 1.165) is 227 Å². The zero-order chi connectivity index (χ0) is 66.3. The summed E-state index contributed by atoms with van der Waals surface area (Å²) in [6.07, 6.45) is 11.5. The molecule has 0 fully saturated rings. The average molecular weight is 1260 g/mol. The molecule has 96 heavy (non-hydrogen) atoms. The second-order valence-corrected chi connectivity index (χ2v) is 25.9. The van der Waals surface area contributed by atoms with Gasteiger partial charge in [-0.3, -0.25) is 0 Å². The zero-order valence-corrected chi connectivity index (χ0v) is 55.6. The number of hydrogen-bond acceptors (Lipinski definition) is 7. The van der Waals surface area contributed by atoms with Crippen LogP contribution in [0, 0.1) is 13.8 Å². The Balaban J connectivity index is 0.972. The first kappa shape index (κ1) is 60.7. The molecule has 4 aromatic carbocycles. The van der Waals surface area contributed by atoms with Crippen molar-refractivity contribution in [2.24, 2.45) is 10.2 Å². The summed E-state index contributed by atoms with van der Waals surface area (Å²) < 4.78 is 7.93. The van der Waals surface area contributed by atoms with E-state index < -0.39 is 5.41 Å². The van der Waals surface area contributed by atoms with Gasteiger partial charge in [-0.2, -0.15) is 0 Å². The van der Waals surface area contributed by atoms with Crippen LogP contribution < -0.4 is 4.74 Å². The summed E-state index contributed by atoms with van der Waals surface area (Å²) in [5, 5.41) is 7.61. The van der Waals surface area contributed by atoms with Gasteiger partial charge in [0.05, 0.1) is 69.7 Å². The van der Waals surface area contributed by atoms with E-state index in [0.29, 0.717) is 0 Å². The first-order chi connectivity index (χ1) is 46.7. The first-order valence-corrected chi connectivity index (χ1v) is 33.2. The highest BCUT2D eigenvalue weighted by atomic mass is 16.5. The molecule has 15 heteroatoms. The highest BCUT2D eigenvalue weighted by Crippen LogP contribution is 2.57. The predicted molar refractivity (Wildman–Crippen MR) is 393 cm³/mol. The van der Waals surface area contributed by atoms with Gasteiger partial charge in [-0.25, -0.2) is 19.9 Å². The van der Waals surface area contributed by atoms with Crippen molar-refractivity contribution in [2.45, 2.75) is 113 Å². The number of ether oxygens (including phenoxy) is 1. The minimum atomic E-state index is -0.556. The molecule has 0 unspecified atom stereocenters. The summed E-state index contributed by atoms with van der Waals surface area (Å²) in [6.45, 7) is 23.0. The third kappa shape index (κ3) is 10.1. The minimum Gasteiger partial charge on any atom is -0.455 e. The Labute approximate surface area is 556 Å². The number of allylic oxidation sites excluding steroid dienone is 4. The third-order valence-corrected chi connectivity index (χ3v) is 20.1. The summed E-state index contributed by atoms with van der Waals surface area (Å²) >= 11 is 0. The molecule has 0 aliphatic carbocycles. The molecule has 0 saturated carbocycles. The Hall–Kier alpha value is -11.5. The van der Waals surface area contributed by atoms with Crippen LogP contribution >= 0.6 is 0 Å². The number of azide groups is 2. The maximum Gasteiger partial charge on any atom is 0.139 e. The molecule has 10 aromatic rings. The van der Waals surface area contributed by atoms with E-state index in [9.17, 15) is 0 Å². The standard InChI is InChI=1S/C81H72N14O/c1-11-55-43(5)75-73(76-44(6)56(12-2)68(91-76)38-52-30-34-64(87-52)71(49-25-21-47(22-26-49)41-84-94-82)63-33-29-51(86-63)37-67(55)90-75)59-17-15-19-61-79(59)96-80-60(18-16-20-62(80)81(61,9)10)74-77-45(7)57(13-3)69(92-77)39-53-31-35-65(88-53)72(50-27-23-48(24-28-50)42-85-95-83)66-36-32-54(89-66)40-70-58(14-4)46(8)78(74)93-70/h15-40,86,88,91,93H,11-14,41-42H2,1-10H3. The fraction of sp³-hybridized carbons (Fsp3) is 0.210. The summed E-state index contributed by atoms with van der Waals surface area (Å²) in [5.74, 6) is 1.55. The lowest BCUT2D eigenvalue weighted by Crippen LogP contribution is -2.25. The lowest BCUT2D eigenvalue weighted by molar-refractivity contribution is 0.421. The fourth-order valence-electron chi connectivity index (χ4n) is 15.2. The van der Waals surface area contributed by atoms with Crippen molar-refractivity contribution in [1.82, 2.24) is 39.9 Å². The van der Waals surface area contributed by atoms with E-state index in [1.807, 2.05) is 24.3 Å². The Morgan fingerprint density at radius 1 is 0.458 bits per heavy atom. The Bertz CT molecular complexity index is 5230. The molecule has 4 N–H and O–H groups in total. The SMILES string of the molecule is CCC1=C(C)c2nc1cc1ccc([nH]1)c(-c1ccc(CN=[N+]=[N-])cc1)c1nc(cc3[nH]c(c(C)c3CC)c2-c2cccc3c2Oc2c(-c4c5nc(cc6ccc([nH]6)c(-c6ccc(CN=[N+]=[N-])cc6)c6nc(cc7[nH]c4c(C)c7CC)C=C6)C(CC)=C5C)cccc2C3(C)C)C=C1.